The maximum atomic E-state index is 10.6. The summed E-state index contributed by atoms with van der Waals surface area (Å²) in [6, 6.07) is 29.5. The molecule has 0 spiro atoms. The summed E-state index contributed by atoms with van der Waals surface area (Å²) in [5, 5.41) is 10.6. The van der Waals surface area contributed by atoms with Gasteiger partial charge >= 0.3 is 0 Å². The van der Waals surface area contributed by atoms with E-state index in [9.17, 15) is 5.11 Å². The number of hydrogen-bond donors (Lipinski definition) is 1. The molecule has 0 heterocycles. The van der Waals surface area contributed by atoms with Crippen LogP contribution in [0.4, 0.5) is 0 Å². The Morgan fingerprint density at radius 3 is 1.40 bits per heavy atom. The summed E-state index contributed by atoms with van der Waals surface area (Å²) in [4.78, 5) is 0. The number of ether oxygens (including phenoxy) is 4. The van der Waals surface area contributed by atoms with E-state index in [1.807, 2.05) is 54.6 Å². The third-order valence-electron chi connectivity index (χ3n) is 5.80. The van der Waals surface area contributed by atoms with Crippen molar-refractivity contribution in [2.75, 3.05) is 28.4 Å². The Kier molecular flexibility index (Phi) is 7.27. The minimum Gasteiger partial charge on any atom is -0.504 e. The van der Waals surface area contributed by atoms with E-state index in [0.717, 1.165) is 33.4 Å². The van der Waals surface area contributed by atoms with E-state index < -0.39 is 0 Å². The van der Waals surface area contributed by atoms with Gasteiger partial charge in [-0.25, -0.2) is 0 Å². The molecule has 0 atom stereocenters. The molecule has 0 aromatic heterocycles. The average molecular weight is 469 g/mol. The summed E-state index contributed by atoms with van der Waals surface area (Å²) in [5.41, 5.74) is 5.58. The van der Waals surface area contributed by atoms with Crippen molar-refractivity contribution in [3.05, 3.63) is 113 Å². The van der Waals surface area contributed by atoms with Crippen LogP contribution in [0.15, 0.2) is 91.0 Å². The van der Waals surface area contributed by atoms with Crippen molar-refractivity contribution in [2.45, 2.75) is 0 Å². The molecule has 1 N–H and O–H groups in total. The predicted molar refractivity (Wildman–Crippen MR) is 139 cm³/mol. The third-order valence-corrected chi connectivity index (χ3v) is 5.80. The molecule has 178 valence electrons. The monoisotopic (exact) mass is 468 g/mol. The van der Waals surface area contributed by atoms with Crippen molar-refractivity contribution in [3.63, 3.8) is 0 Å². The van der Waals surface area contributed by atoms with Gasteiger partial charge in [0, 0.05) is 0 Å². The Morgan fingerprint density at radius 1 is 0.486 bits per heavy atom. The lowest BCUT2D eigenvalue weighted by molar-refractivity contribution is 0.324. The zero-order valence-electron chi connectivity index (χ0n) is 20.2. The van der Waals surface area contributed by atoms with Crippen LogP contribution < -0.4 is 18.9 Å². The van der Waals surface area contributed by atoms with Crippen molar-refractivity contribution >= 4 is 11.1 Å². The minimum atomic E-state index is 0.0655. The maximum absolute atomic E-state index is 10.6. The highest BCUT2D eigenvalue weighted by molar-refractivity contribution is 6.05. The highest BCUT2D eigenvalue weighted by Gasteiger charge is 2.21. The lowest BCUT2D eigenvalue weighted by Gasteiger charge is -2.21. The Bertz CT molecular complexity index is 1300. The molecule has 4 aromatic rings. The molecule has 0 aliphatic rings. The zero-order valence-corrected chi connectivity index (χ0v) is 20.2. The number of aromatic hydroxyl groups is 1. The minimum absolute atomic E-state index is 0.0655. The van der Waals surface area contributed by atoms with Crippen LogP contribution in [0, 0.1) is 0 Å². The second-order valence-corrected chi connectivity index (χ2v) is 7.78. The summed E-state index contributed by atoms with van der Waals surface area (Å²) >= 11 is 0. The van der Waals surface area contributed by atoms with Gasteiger partial charge in [-0.15, -0.1) is 0 Å². The standard InChI is InChI=1S/C30H28O5/c1-32-25-16-15-22(17-24(25)31)28(20-11-7-5-8-12-20)29(21-13-9-6-10-14-21)23-18-26(33-2)30(35-4)27(19-23)34-3/h5-19,31H,1-4H3/b29-28-. The predicted octanol–water partition coefficient (Wildman–Crippen LogP) is 6.43. The van der Waals surface area contributed by atoms with E-state index in [0.29, 0.717) is 23.0 Å². The molecule has 0 fully saturated rings. The van der Waals surface area contributed by atoms with Crippen LogP contribution in [-0.4, -0.2) is 33.5 Å². The first kappa shape index (κ1) is 23.8. The number of methoxy groups -OCH3 is 4. The lowest BCUT2D eigenvalue weighted by atomic mass is 9.85. The molecule has 0 bridgehead atoms. The van der Waals surface area contributed by atoms with E-state index >= 15 is 0 Å². The van der Waals surface area contributed by atoms with Gasteiger partial charge in [0.2, 0.25) is 5.75 Å². The number of benzene rings is 4. The van der Waals surface area contributed by atoms with Crippen molar-refractivity contribution < 1.29 is 24.1 Å². The fraction of sp³-hybridized carbons (Fsp3) is 0.133. The van der Waals surface area contributed by atoms with Crippen molar-refractivity contribution in [1.82, 2.24) is 0 Å². The summed E-state index contributed by atoms with van der Waals surface area (Å²) < 4.78 is 22.2. The fourth-order valence-electron chi connectivity index (χ4n) is 4.19. The third kappa shape index (κ3) is 4.80. The molecule has 0 aliphatic carbocycles. The second-order valence-electron chi connectivity index (χ2n) is 7.78. The number of hydrogen-bond acceptors (Lipinski definition) is 5. The smallest absolute Gasteiger partial charge is 0.203 e. The largest absolute Gasteiger partial charge is 0.504 e. The highest BCUT2D eigenvalue weighted by Crippen LogP contribution is 2.45. The Hall–Kier alpha value is -4.38. The van der Waals surface area contributed by atoms with Gasteiger partial charge in [-0.3, -0.25) is 0 Å². The van der Waals surface area contributed by atoms with Crippen LogP contribution in [0.3, 0.4) is 0 Å². The van der Waals surface area contributed by atoms with Crippen LogP contribution in [-0.2, 0) is 0 Å². The fourth-order valence-corrected chi connectivity index (χ4v) is 4.19. The van der Waals surface area contributed by atoms with E-state index in [1.165, 1.54) is 7.11 Å². The normalized spacial score (nSPS) is 11.4. The molecule has 0 radical (unpaired) electrons. The maximum Gasteiger partial charge on any atom is 0.203 e. The van der Waals surface area contributed by atoms with Crippen LogP contribution in [0.25, 0.3) is 11.1 Å². The first-order valence-corrected chi connectivity index (χ1v) is 11.1. The van der Waals surface area contributed by atoms with Gasteiger partial charge in [-0.1, -0.05) is 66.7 Å². The molecule has 5 heteroatoms. The van der Waals surface area contributed by atoms with Gasteiger partial charge in [-0.05, 0) is 57.7 Å². The van der Waals surface area contributed by atoms with Gasteiger partial charge in [-0.2, -0.15) is 0 Å². The second kappa shape index (κ2) is 10.7. The first-order valence-electron chi connectivity index (χ1n) is 11.1. The number of rotatable bonds is 8. The number of phenols is 1. The quantitative estimate of drug-likeness (QED) is 0.302. The van der Waals surface area contributed by atoms with Crippen LogP contribution >= 0.6 is 0 Å². The lowest BCUT2D eigenvalue weighted by Crippen LogP contribution is -2.01. The molecule has 35 heavy (non-hydrogen) atoms. The van der Waals surface area contributed by atoms with Crippen LogP contribution in [0.5, 0.6) is 28.7 Å². The topological polar surface area (TPSA) is 57.2 Å². The van der Waals surface area contributed by atoms with E-state index in [-0.39, 0.29) is 5.75 Å². The molecule has 0 aliphatic heterocycles. The van der Waals surface area contributed by atoms with E-state index in [2.05, 4.69) is 24.3 Å². The van der Waals surface area contributed by atoms with Gasteiger partial charge in [0.05, 0.1) is 28.4 Å². The number of phenolic OH excluding ortho intramolecular Hbond substituents is 1. The molecule has 5 nitrogen and oxygen atoms in total. The van der Waals surface area contributed by atoms with Crippen LogP contribution in [0.2, 0.25) is 0 Å². The Labute approximate surface area is 205 Å². The molecule has 0 saturated heterocycles. The van der Waals surface area contributed by atoms with Crippen molar-refractivity contribution in [2.24, 2.45) is 0 Å². The van der Waals surface area contributed by atoms with Crippen molar-refractivity contribution in [3.8, 4) is 28.7 Å². The first-order chi connectivity index (χ1) is 17.1. The summed E-state index contributed by atoms with van der Waals surface area (Å²) in [6.45, 7) is 0. The van der Waals surface area contributed by atoms with Gasteiger partial charge in [0.25, 0.3) is 0 Å². The Balaban J connectivity index is 2.14. The van der Waals surface area contributed by atoms with Gasteiger partial charge in [0.1, 0.15) is 0 Å². The molecule has 0 unspecified atom stereocenters. The SMILES string of the molecule is COc1ccc(/C(=C(/c2ccccc2)c2cc(OC)c(OC)c(OC)c2)c2ccccc2)cc1O. The molecular weight excluding hydrogens is 440 g/mol. The highest BCUT2D eigenvalue weighted by atomic mass is 16.5. The zero-order chi connectivity index (χ0) is 24.8. The molecule has 4 rings (SSSR count). The van der Waals surface area contributed by atoms with E-state index in [4.69, 9.17) is 18.9 Å². The van der Waals surface area contributed by atoms with Gasteiger partial charge in [0.15, 0.2) is 23.0 Å². The summed E-state index contributed by atoms with van der Waals surface area (Å²) in [7, 11) is 6.33. The van der Waals surface area contributed by atoms with Gasteiger partial charge < -0.3 is 24.1 Å². The van der Waals surface area contributed by atoms with E-state index in [1.54, 1.807) is 33.5 Å². The molecule has 4 aromatic carbocycles. The summed E-state index contributed by atoms with van der Waals surface area (Å²) in [6.07, 6.45) is 0. The molecular formula is C30H28O5. The molecule has 0 saturated carbocycles. The molecule has 0 amide bonds. The van der Waals surface area contributed by atoms with Crippen molar-refractivity contribution in [1.29, 1.82) is 0 Å². The van der Waals surface area contributed by atoms with Crippen LogP contribution in [0.1, 0.15) is 22.3 Å². The average Bonchev–Trinajstić information content (AvgIpc) is 2.91. The Morgan fingerprint density at radius 2 is 0.971 bits per heavy atom. The summed E-state index contributed by atoms with van der Waals surface area (Å²) in [5.74, 6) is 2.11.